The normalized spacial score (nSPS) is 12.1. The Morgan fingerprint density at radius 3 is 1.77 bits per heavy atom. The summed E-state index contributed by atoms with van der Waals surface area (Å²) in [5.41, 5.74) is 10.7. The zero-order valence-electron chi connectivity index (χ0n) is 21.1. The van der Waals surface area contributed by atoms with Crippen LogP contribution in [0.3, 0.4) is 0 Å². The average molecular weight is 498 g/mol. The number of rotatable bonds is 2. The van der Waals surface area contributed by atoms with Gasteiger partial charge in [-0.15, -0.1) is 0 Å². The van der Waals surface area contributed by atoms with Crippen molar-refractivity contribution in [2.75, 3.05) is 0 Å². The van der Waals surface area contributed by atoms with Crippen molar-refractivity contribution in [1.29, 1.82) is 0 Å². The number of hydrogen-bond donors (Lipinski definition) is 2. The molecule has 0 spiro atoms. The molecule has 0 fully saturated rings. The Balaban J connectivity index is 1.30. The Kier molecular flexibility index (Phi) is 4.05. The molecule has 0 aliphatic heterocycles. The summed E-state index contributed by atoms with van der Waals surface area (Å²) in [4.78, 5) is 7.40. The highest BCUT2D eigenvalue weighted by molar-refractivity contribution is 6.22. The molecule has 0 aliphatic carbocycles. The summed E-state index contributed by atoms with van der Waals surface area (Å²) in [5.74, 6) is 0. The second kappa shape index (κ2) is 7.62. The summed E-state index contributed by atoms with van der Waals surface area (Å²) in [6.07, 6.45) is 0. The summed E-state index contributed by atoms with van der Waals surface area (Å²) >= 11 is 0. The third kappa shape index (κ3) is 2.82. The third-order valence-electron chi connectivity index (χ3n) is 8.29. The summed E-state index contributed by atoms with van der Waals surface area (Å²) in [7, 11) is 0. The molecule has 3 nitrogen and oxygen atoms in total. The van der Waals surface area contributed by atoms with E-state index < -0.39 is 0 Å². The number of nitrogens with zero attached hydrogens (tertiary/aromatic N) is 1. The Morgan fingerprint density at radius 2 is 1.00 bits per heavy atom. The second-order valence-corrected chi connectivity index (χ2v) is 10.4. The van der Waals surface area contributed by atoms with Crippen LogP contribution >= 0.6 is 0 Å². The minimum Gasteiger partial charge on any atom is -0.354 e. The van der Waals surface area contributed by atoms with Crippen molar-refractivity contribution < 1.29 is 0 Å². The quantitative estimate of drug-likeness (QED) is 0.238. The number of H-pyrrole nitrogens is 2. The lowest BCUT2D eigenvalue weighted by Crippen LogP contribution is -1.94. The molecule has 0 aliphatic rings. The molecule has 0 radical (unpaired) electrons. The number of aromatic amines is 2. The molecule has 9 aromatic rings. The van der Waals surface area contributed by atoms with E-state index in [0.29, 0.717) is 0 Å². The van der Waals surface area contributed by atoms with Gasteiger partial charge in [0.2, 0.25) is 0 Å². The Bertz CT molecular complexity index is 2380. The van der Waals surface area contributed by atoms with Crippen molar-refractivity contribution in [1.82, 2.24) is 14.5 Å². The highest BCUT2D eigenvalue weighted by Crippen LogP contribution is 2.39. The molecule has 39 heavy (non-hydrogen) atoms. The molecule has 9 rings (SSSR count). The van der Waals surface area contributed by atoms with Gasteiger partial charge in [0.15, 0.2) is 0 Å². The van der Waals surface area contributed by atoms with Crippen molar-refractivity contribution in [3.8, 4) is 16.8 Å². The Hall–Kier alpha value is -5.28. The maximum atomic E-state index is 3.74. The molecular formula is C36H23N3. The van der Waals surface area contributed by atoms with E-state index in [9.17, 15) is 0 Å². The molecule has 0 saturated carbocycles. The minimum atomic E-state index is 1.15. The van der Waals surface area contributed by atoms with Gasteiger partial charge in [-0.05, 0) is 35.9 Å². The van der Waals surface area contributed by atoms with E-state index in [1.165, 1.54) is 76.5 Å². The molecular weight excluding hydrogens is 474 g/mol. The minimum absolute atomic E-state index is 1.15. The van der Waals surface area contributed by atoms with Gasteiger partial charge in [0.25, 0.3) is 0 Å². The van der Waals surface area contributed by atoms with Gasteiger partial charge < -0.3 is 14.5 Å². The van der Waals surface area contributed by atoms with Gasteiger partial charge in [0.05, 0.1) is 22.1 Å². The fourth-order valence-electron chi connectivity index (χ4n) is 6.54. The molecule has 0 saturated heterocycles. The van der Waals surface area contributed by atoms with Crippen LogP contribution in [0.5, 0.6) is 0 Å². The fraction of sp³-hybridized carbons (Fsp3) is 0. The van der Waals surface area contributed by atoms with Gasteiger partial charge in [-0.1, -0.05) is 97.1 Å². The molecule has 3 aromatic heterocycles. The molecule has 6 aromatic carbocycles. The van der Waals surface area contributed by atoms with Gasteiger partial charge in [-0.3, -0.25) is 0 Å². The van der Waals surface area contributed by atoms with E-state index in [1.807, 2.05) is 0 Å². The molecule has 3 heterocycles. The van der Waals surface area contributed by atoms with Crippen molar-refractivity contribution in [2.45, 2.75) is 0 Å². The molecule has 2 N–H and O–H groups in total. The van der Waals surface area contributed by atoms with Crippen LogP contribution in [0.4, 0.5) is 0 Å². The Labute approximate surface area is 223 Å². The van der Waals surface area contributed by atoms with Gasteiger partial charge >= 0.3 is 0 Å². The number of fused-ring (bicyclic) bond motifs is 10. The van der Waals surface area contributed by atoms with Crippen LogP contribution in [-0.2, 0) is 0 Å². The summed E-state index contributed by atoms with van der Waals surface area (Å²) < 4.78 is 2.41. The van der Waals surface area contributed by atoms with Gasteiger partial charge in [0, 0.05) is 54.6 Å². The number of hydrogen-bond acceptors (Lipinski definition) is 0. The van der Waals surface area contributed by atoms with Crippen LogP contribution in [0, 0.1) is 0 Å². The number of benzene rings is 6. The van der Waals surface area contributed by atoms with Crippen molar-refractivity contribution in [3.05, 3.63) is 127 Å². The molecule has 3 heteroatoms. The lowest BCUT2D eigenvalue weighted by Gasteiger charge is -2.10. The third-order valence-corrected chi connectivity index (χ3v) is 8.29. The predicted octanol–water partition coefficient (Wildman–Crippen LogP) is 9.72. The topological polar surface area (TPSA) is 36.5 Å². The molecule has 182 valence electrons. The average Bonchev–Trinajstić information content (AvgIpc) is 3.67. The predicted molar refractivity (Wildman–Crippen MR) is 165 cm³/mol. The van der Waals surface area contributed by atoms with Crippen LogP contribution in [0.25, 0.3) is 82.2 Å². The zero-order chi connectivity index (χ0) is 25.5. The van der Waals surface area contributed by atoms with Crippen LogP contribution < -0.4 is 0 Å². The fourth-order valence-corrected chi connectivity index (χ4v) is 6.54. The lowest BCUT2D eigenvalue weighted by molar-refractivity contribution is 1.18. The van der Waals surface area contributed by atoms with Crippen molar-refractivity contribution in [3.63, 3.8) is 0 Å². The molecule has 0 atom stereocenters. The monoisotopic (exact) mass is 497 g/mol. The first-order valence-electron chi connectivity index (χ1n) is 13.4. The van der Waals surface area contributed by atoms with E-state index in [0.717, 1.165) is 5.69 Å². The standard InChI is InChI=1S/C36H23N3/c1-4-13-31-25(8-1)28-12-7-11-24(34(28)37-31)22-16-18-23(19-17-22)39-33-15-6-3-10-27(33)30-21-20-29-26-9-2-5-14-32(26)38-35(29)36(30)39/h1-21,37-38H. The van der Waals surface area contributed by atoms with Crippen LogP contribution in [0.2, 0.25) is 0 Å². The second-order valence-electron chi connectivity index (χ2n) is 10.4. The van der Waals surface area contributed by atoms with E-state index >= 15 is 0 Å². The SMILES string of the molecule is c1ccc2c(c1)[nH]c1c(-c3ccc(-n4c5ccccc5c5ccc6c7ccccc7[nH]c6c54)cc3)cccc12. The van der Waals surface area contributed by atoms with Crippen molar-refractivity contribution >= 4 is 65.4 Å². The van der Waals surface area contributed by atoms with Gasteiger partial charge in [-0.25, -0.2) is 0 Å². The summed E-state index contributed by atoms with van der Waals surface area (Å²) in [6.45, 7) is 0. The van der Waals surface area contributed by atoms with E-state index in [4.69, 9.17) is 0 Å². The molecule has 0 unspecified atom stereocenters. The number of nitrogens with one attached hydrogen (secondary N) is 2. The molecule has 0 amide bonds. The molecule has 0 bridgehead atoms. The van der Waals surface area contributed by atoms with E-state index in [1.54, 1.807) is 0 Å². The first kappa shape index (κ1) is 20.7. The van der Waals surface area contributed by atoms with E-state index in [2.05, 4.69) is 142 Å². The smallest absolute Gasteiger partial charge is 0.0783 e. The van der Waals surface area contributed by atoms with Crippen molar-refractivity contribution in [2.24, 2.45) is 0 Å². The summed E-state index contributed by atoms with van der Waals surface area (Å²) in [5, 5.41) is 7.56. The van der Waals surface area contributed by atoms with Crippen LogP contribution in [0.15, 0.2) is 127 Å². The zero-order valence-corrected chi connectivity index (χ0v) is 21.1. The Morgan fingerprint density at radius 1 is 0.410 bits per heavy atom. The van der Waals surface area contributed by atoms with Crippen LogP contribution in [-0.4, -0.2) is 14.5 Å². The summed E-state index contributed by atoms with van der Waals surface area (Å²) in [6, 6.07) is 45.9. The largest absolute Gasteiger partial charge is 0.354 e. The highest BCUT2D eigenvalue weighted by atomic mass is 15.0. The van der Waals surface area contributed by atoms with Crippen LogP contribution in [0.1, 0.15) is 0 Å². The lowest BCUT2D eigenvalue weighted by atomic mass is 10.0. The highest BCUT2D eigenvalue weighted by Gasteiger charge is 2.17. The maximum absolute atomic E-state index is 3.74. The first-order chi connectivity index (χ1) is 19.3. The number of para-hydroxylation sites is 4. The number of aromatic nitrogens is 3. The van der Waals surface area contributed by atoms with Gasteiger partial charge in [0.1, 0.15) is 0 Å². The maximum Gasteiger partial charge on any atom is 0.0783 e. The van der Waals surface area contributed by atoms with E-state index in [-0.39, 0.29) is 0 Å². The van der Waals surface area contributed by atoms with Gasteiger partial charge in [-0.2, -0.15) is 0 Å². The first-order valence-corrected chi connectivity index (χ1v) is 13.4.